The monoisotopic (exact) mass is 325 g/mol. The highest BCUT2D eigenvalue weighted by atomic mass is 16.5. The Morgan fingerprint density at radius 1 is 1.08 bits per heavy atom. The van der Waals surface area contributed by atoms with Gasteiger partial charge in [-0.15, -0.1) is 0 Å². The van der Waals surface area contributed by atoms with Gasteiger partial charge in [0.1, 0.15) is 5.75 Å². The largest absolute Gasteiger partial charge is 0.496 e. The molecule has 0 atom stereocenters. The molecule has 1 amide bonds. The van der Waals surface area contributed by atoms with Gasteiger partial charge >= 0.3 is 5.97 Å². The van der Waals surface area contributed by atoms with Gasteiger partial charge in [0.2, 0.25) is 0 Å². The third-order valence-corrected chi connectivity index (χ3v) is 4.07. The van der Waals surface area contributed by atoms with E-state index in [1.807, 2.05) is 36.4 Å². The predicted octanol–water partition coefficient (Wildman–Crippen LogP) is 2.37. The lowest BCUT2D eigenvalue weighted by molar-refractivity contribution is -0.147. The van der Waals surface area contributed by atoms with Gasteiger partial charge in [0.15, 0.2) is 6.61 Å². The first-order valence-corrected chi connectivity index (χ1v) is 7.85. The zero-order valence-corrected chi connectivity index (χ0v) is 13.5. The smallest absolute Gasteiger partial charge is 0.310 e. The highest BCUT2D eigenvalue weighted by Crippen LogP contribution is 2.27. The van der Waals surface area contributed by atoms with Gasteiger partial charge in [0, 0.05) is 17.8 Å². The molecular formula is C19H19NO4. The van der Waals surface area contributed by atoms with Crippen molar-refractivity contribution >= 4 is 17.6 Å². The van der Waals surface area contributed by atoms with Gasteiger partial charge in [-0.1, -0.05) is 36.4 Å². The zero-order valence-electron chi connectivity index (χ0n) is 13.5. The normalized spacial score (nSPS) is 12.6. The summed E-state index contributed by atoms with van der Waals surface area (Å²) in [7, 11) is 1.55. The standard InChI is InChI=1S/C19H19NO4/c1-23-17-9-5-3-7-15(17)12-19(22)24-13-18(21)20-11-10-14-6-2-4-8-16(14)20/h2-9H,10-13H2,1H3. The van der Waals surface area contributed by atoms with Crippen molar-refractivity contribution in [3.8, 4) is 5.75 Å². The average molecular weight is 325 g/mol. The molecule has 2 aromatic rings. The van der Waals surface area contributed by atoms with Crippen LogP contribution in [-0.2, 0) is 27.2 Å². The molecule has 5 heteroatoms. The van der Waals surface area contributed by atoms with Gasteiger partial charge in [-0.25, -0.2) is 0 Å². The van der Waals surface area contributed by atoms with E-state index in [1.54, 1.807) is 24.1 Å². The van der Waals surface area contributed by atoms with Gasteiger partial charge in [-0.05, 0) is 24.1 Å². The summed E-state index contributed by atoms with van der Waals surface area (Å²) < 4.78 is 10.4. The Morgan fingerprint density at radius 2 is 1.83 bits per heavy atom. The minimum absolute atomic E-state index is 0.0773. The van der Waals surface area contributed by atoms with Gasteiger partial charge in [0.05, 0.1) is 13.5 Å². The number of amides is 1. The fraction of sp³-hybridized carbons (Fsp3) is 0.263. The molecule has 24 heavy (non-hydrogen) atoms. The Kier molecular flexibility index (Phi) is 4.79. The number of carbonyl (C=O) groups is 2. The number of nitrogens with zero attached hydrogens (tertiary/aromatic N) is 1. The van der Waals surface area contributed by atoms with Gasteiger partial charge in [0.25, 0.3) is 5.91 Å². The third-order valence-electron chi connectivity index (χ3n) is 4.07. The summed E-state index contributed by atoms with van der Waals surface area (Å²) in [6.07, 6.45) is 0.908. The summed E-state index contributed by atoms with van der Waals surface area (Å²) >= 11 is 0. The summed E-state index contributed by atoms with van der Waals surface area (Å²) in [5, 5.41) is 0. The summed E-state index contributed by atoms with van der Waals surface area (Å²) in [6, 6.07) is 15.0. The fourth-order valence-electron chi connectivity index (χ4n) is 2.87. The first-order valence-electron chi connectivity index (χ1n) is 7.85. The molecule has 2 aromatic carbocycles. The molecule has 124 valence electrons. The summed E-state index contributed by atoms with van der Waals surface area (Å²) in [6.45, 7) is 0.380. The van der Waals surface area contributed by atoms with E-state index in [9.17, 15) is 9.59 Å². The van der Waals surface area contributed by atoms with E-state index in [2.05, 4.69) is 0 Å². The second kappa shape index (κ2) is 7.17. The van der Waals surface area contributed by atoms with Crippen LogP contribution < -0.4 is 9.64 Å². The Hall–Kier alpha value is -2.82. The van der Waals surface area contributed by atoms with Gasteiger partial charge < -0.3 is 14.4 Å². The zero-order chi connectivity index (χ0) is 16.9. The molecule has 5 nitrogen and oxygen atoms in total. The van der Waals surface area contributed by atoms with Crippen LogP contribution >= 0.6 is 0 Å². The highest BCUT2D eigenvalue weighted by molar-refractivity contribution is 5.97. The molecule has 0 spiro atoms. The second-order valence-corrected chi connectivity index (χ2v) is 5.57. The molecule has 0 N–H and O–H groups in total. The Morgan fingerprint density at radius 3 is 2.67 bits per heavy atom. The van der Waals surface area contributed by atoms with Crippen LogP contribution in [0.2, 0.25) is 0 Å². The lowest BCUT2D eigenvalue weighted by Crippen LogP contribution is -2.33. The lowest BCUT2D eigenvalue weighted by Gasteiger charge is -2.17. The average Bonchev–Trinajstić information content (AvgIpc) is 3.04. The van der Waals surface area contributed by atoms with Crippen LogP contribution in [0.1, 0.15) is 11.1 Å². The van der Waals surface area contributed by atoms with Crippen molar-refractivity contribution in [1.29, 1.82) is 0 Å². The van der Waals surface area contributed by atoms with Crippen molar-refractivity contribution in [3.63, 3.8) is 0 Å². The van der Waals surface area contributed by atoms with Crippen molar-refractivity contribution in [3.05, 3.63) is 59.7 Å². The van der Waals surface area contributed by atoms with E-state index in [1.165, 1.54) is 0 Å². The molecule has 0 radical (unpaired) electrons. The fourth-order valence-corrected chi connectivity index (χ4v) is 2.87. The number of fused-ring (bicyclic) bond motifs is 1. The number of methoxy groups -OCH3 is 1. The van der Waals surface area contributed by atoms with Gasteiger partial charge in [-0.3, -0.25) is 9.59 Å². The molecule has 0 saturated heterocycles. The van der Waals surface area contributed by atoms with Crippen LogP contribution in [0.5, 0.6) is 5.75 Å². The minimum Gasteiger partial charge on any atom is -0.496 e. The second-order valence-electron chi connectivity index (χ2n) is 5.57. The van der Waals surface area contributed by atoms with Crippen molar-refractivity contribution < 1.29 is 19.1 Å². The van der Waals surface area contributed by atoms with Crippen LogP contribution in [0.25, 0.3) is 0 Å². The first-order chi connectivity index (χ1) is 11.7. The van der Waals surface area contributed by atoms with Gasteiger partial charge in [-0.2, -0.15) is 0 Å². The van der Waals surface area contributed by atoms with E-state index in [0.29, 0.717) is 12.3 Å². The third kappa shape index (κ3) is 3.40. The number of para-hydroxylation sites is 2. The summed E-state index contributed by atoms with van der Waals surface area (Å²) in [5.41, 5.74) is 2.79. The first kappa shape index (κ1) is 16.1. The number of carbonyl (C=O) groups excluding carboxylic acids is 2. The Labute approximate surface area is 140 Å². The topological polar surface area (TPSA) is 55.8 Å². The van der Waals surface area contributed by atoms with Crippen LogP contribution in [-0.4, -0.2) is 32.1 Å². The molecule has 0 aromatic heterocycles. The molecule has 0 saturated carbocycles. The van der Waals surface area contributed by atoms with Crippen LogP contribution in [0.15, 0.2) is 48.5 Å². The molecule has 3 rings (SSSR count). The molecule has 0 bridgehead atoms. The number of benzene rings is 2. The number of esters is 1. The van der Waals surface area contributed by atoms with Crippen LogP contribution in [0.4, 0.5) is 5.69 Å². The van der Waals surface area contributed by atoms with Crippen LogP contribution in [0.3, 0.4) is 0 Å². The summed E-state index contributed by atoms with van der Waals surface area (Å²) in [4.78, 5) is 26.0. The molecule has 1 aliphatic heterocycles. The number of hydrogen-bond donors (Lipinski definition) is 0. The quantitative estimate of drug-likeness (QED) is 0.792. The van der Waals surface area contributed by atoms with Crippen molar-refractivity contribution in [2.24, 2.45) is 0 Å². The van der Waals surface area contributed by atoms with Crippen LogP contribution in [0, 0.1) is 0 Å². The van der Waals surface area contributed by atoms with Crippen molar-refractivity contribution in [2.45, 2.75) is 12.8 Å². The molecule has 0 aliphatic carbocycles. The van der Waals surface area contributed by atoms with E-state index < -0.39 is 5.97 Å². The number of hydrogen-bond acceptors (Lipinski definition) is 4. The van der Waals surface area contributed by atoms with E-state index in [0.717, 1.165) is 23.2 Å². The molecule has 0 fully saturated rings. The maximum atomic E-state index is 12.3. The highest BCUT2D eigenvalue weighted by Gasteiger charge is 2.24. The molecule has 1 heterocycles. The lowest BCUT2D eigenvalue weighted by atomic mass is 10.1. The Bertz CT molecular complexity index is 757. The number of rotatable bonds is 5. The molecular weight excluding hydrogens is 306 g/mol. The molecule has 1 aliphatic rings. The minimum atomic E-state index is -0.444. The maximum absolute atomic E-state index is 12.3. The SMILES string of the molecule is COc1ccccc1CC(=O)OCC(=O)N1CCc2ccccc21. The maximum Gasteiger partial charge on any atom is 0.310 e. The van der Waals surface area contributed by atoms with Crippen molar-refractivity contribution in [2.75, 3.05) is 25.2 Å². The van der Waals surface area contributed by atoms with E-state index in [4.69, 9.17) is 9.47 Å². The van der Waals surface area contributed by atoms with E-state index >= 15 is 0 Å². The summed E-state index contributed by atoms with van der Waals surface area (Å²) in [5.74, 6) is -0.0112. The molecule has 0 unspecified atom stereocenters. The Balaban J connectivity index is 1.56. The number of anilines is 1. The number of ether oxygens (including phenoxy) is 2. The van der Waals surface area contributed by atoms with Crippen molar-refractivity contribution in [1.82, 2.24) is 0 Å². The predicted molar refractivity (Wildman–Crippen MR) is 90.2 cm³/mol. The van der Waals surface area contributed by atoms with E-state index in [-0.39, 0.29) is 18.9 Å².